The second-order valence-electron chi connectivity index (χ2n) is 6.21. The fourth-order valence-electron chi connectivity index (χ4n) is 2.39. The molecule has 2 aromatic carbocycles. The van der Waals surface area contributed by atoms with Crippen molar-refractivity contribution in [3.63, 3.8) is 0 Å². The molecule has 0 unspecified atom stereocenters. The van der Waals surface area contributed by atoms with Gasteiger partial charge in [0.05, 0.1) is 11.1 Å². The Morgan fingerprint density at radius 1 is 0.667 bits per heavy atom. The lowest BCUT2D eigenvalue weighted by Crippen LogP contribution is -1.95. The summed E-state index contributed by atoms with van der Waals surface area (Å²) in [6.07, 6.45) is 6.73. The van der Waals surface area contributed by atoms with Gasteiger partial charge in [0.15, 0.2) is 0 Å². The number of carbonyl (C=O) groups is 2. The highest BCUT2D eigenvalue weighted by Crippen LogP contribution is 2.08. The van der Waals surface area contributed by atoms with E-state index >= 15 is 0 Å². The number of carboxylic acid groups (broad SMARTS) is 2. The highest BCUT2D eigenvalue weighted by Gasteiger charge is 2.01. The third-order valence-electron chi connectivity index (χ3n) is 4.04. The van der Waals surface area contributed by atoms with Crippen LogP contribution in [0.15, 0.2) is 48.5 Å². The standard InChI is InChI=1S/2C11H14O2.Al/c2*1-2-3-4-9-5-7-10(8-6-9)11(12)13;/h2*5-8H,2-4H2,1H3,(H,12,13);. The number of aryl methyl sites for hydroxylation is 2. The van der Waals surface area contributed by atoms with Crippen LogP contribution in [-0.4, -0.2) is 39.5 Å². The molecule has 0 aromatic heterocycles. The van der Waals surface area contributed by atoms with Crippen molar-refractivity contribution in [3.05, 3.63) is 70.8 Å². The van der Waals surface area contributed by atoms with Crippen LogP contribution in [0.3, 0.4) is 0 Å². The molecule has 143 valence electrons. The zero-order chi connectivity index (χ0) is 19.4. The fraction of sp³-hybridized carbons (Fsp3) is 0.364. The summed E-state index contributed by atoms with van der Waals surface area (Å²) in [7, 11) is 0. The molecule has 2 rings (SSSR count). The van der Waals surface area contributed by atoms with Gasteiger partial charge in [0.2, 0.25) is 0 Å². The van der Waals surface area contributed by atoms with Gasteiger partial charge in [0, 0.05) is 17.4 Å². The van der Waals surface area contributed by atoms with Gasteiger partial charge in [-0.15, -0.1) is 0 Å². The number of aromatic carboxylic acids is 2. The maximum atomic E-state index is 10.5. The van der Waals surface area contributed by atoms with Crippen LogP contribution < -0.4 is 0 Å². The van der Waals surface area contributed by atoms with E-state index in [1.807, 2.05) is 24.3 Å². The van der Waals surface area contributed by atoms with Crippen LogP contribution in [0.1, 0.15) is 71.4 Å². The summed E-state index contributed by atoms with van der Waals surface area (Å²) >= 11 is 0. The third-order valence-corrected chi connectivity index (χ3v) is 4.04. The van der Waals surface area contributed by atoms with Gasteiger partial charge in [-0.1, -0.05) is 51.0 Å². The number of hydrogen-bond acceptors (Lipinski definition) is 2. The number of carboxylic acids is 2. The molecule has 0 atom stereocenters. The third kappa shape index (κ3) is 9.98. The van der Waals surface area contributed by atoms with Crippen molar-refractivity contribution in [3.8, 4) is 0 Å². The Morgan fingerprint density at radius 3 is 1.19 bits per heavy atom. The number of rotatable bonds is 8. The Labute approximate surface area is 172 Å². The molecule has 0 aliphatic carbocycles. The van der Waals surface area contributed by atoms with Gasteiger partial charge in [-0.05, 0) is 61.1 Å². The lowest BCUT2D eigenvalue weighted by Gasteiger charge is -1.99. The maximum Gasteiger partial charge on any atom is 0.335 e. The van der Waals surface area contributed by atoms with Crippen molar-refractivity contribution in [2.24, 2.45) is 0 Å². The molecule has 3 radical (unpaired) electrons. The molecule has 0 aliphatic heterocycles. The van der Waals surface area contributed by atoms with E-state index < -0.39 is 11.9 Å². The zero-order valence-corrected chi connectivity index (χ0v) is 17.3. The van der Waals surface area contributed by atoms with Crippen LogP contribution in [0.4, 0.5) is 0 Å². The molecule has 0 amide bonds. The summed E-state index contributed by atoms with van der Waals surface area (Å²) in [5.74, 6) is -1.72. The summed E-state index contributed by atoms with van der Waals surface area (Å²) in [5, 5.41) is 17.3. The van der Waals surface area contributed by atoms with Crippen LogP contribution in [0, 0.1) is 0 Å². The lowest BCUT2D eigenvalue weighted by atomic mass is 10.1. The number of unbranched alkanes of at least 4 members (excludes halogenated alkanes) is 2. The lowest BCUT2D eigenvalue weighted by molar-refractivity contribution is 0.0686. The summed E-state index contributed by atoms with van der Waals surface area (Å²) in [6.45, 7) is 4.29. The molecule has 0 saturated carbocycles. The molecular weight excluding hydrogens is 355 g/mol. The van der Waals surface area contributed by atoms with Crippen LogP contribution in [0.2, 0.25) is 0 Å². The summed E-state index contributed by atoms with van der Waals surface area (Å²) in [5.41, 5.74) is 3.15. The van der Waals surface area contributed by atoms with Crippen LogP contribution in [0.25, 0.3) is 0 Å². The Morgan fingerprint density at radius 2 is 0.963 bits per heavy atom. The van der Waals surface area contributed by atoms with Crippen LogP contribution >= 0.6 is 0 Å². The van der Waals surface area contributed by atoms with E-state index in [1.165, 1.54) is 24.0 Å². The first-order valence-corrected chi connectivity index (χ1v) is 9.12. The van der Waals surface area contributed by atoms with E-state index in [-0.39, 0.29) is 17.4 Å². The van der Waals surface area contributed by atoms with Gasteiger partial charge in [-0.25, -0.2) is 9.59 Å². The summed E-state index contributed by atoms with van der Waals surface area (Å²) in [4.78, 5) is 21.1. The SMILES string of the molecule is CCCCc1ccc(C(=O)O)cc1.CCCCc1ccc(C(=O)O)cc1.[Al]. The Bertz CT molecular complexity index is 617. The molecule has 0 spiro atoms. The van der Waals surface area contributed by atoms with E-state index in [4.69, 9.17) is 10.2 Å². The molecule has 2 aromatic rings. The molecule has 0 aliphatic rings. The van der Waals surface area contributed by atoms with Crippen LogP contribution in [0.5, 0.6) is 0 Å². The van der Waals surface area contributed by atoms with Crippen molar-refractivity contribution in [2.45, 2.75) is 52.4 Å². The molecule has 27 heavy (non-hydrogen) atoms. The van der Waals surface area contributed by atoms with E-state index in [0.717, 1.165) is 25.7 Å². The first kappa shape index (κ1) is 24.9. The normalized spacial score (nSPS) is 9.56. The topological polar surface area (TPSA) is 74.6 Å². The molecule has 4 nitrogen and oxygen atoms in total. The molecule has 0 fully saturated rings. The maximum absolute atomic E-state index is 10.5. The monoisotopic (exact) mass is 383 g/mol. The highest BCUT2D eigenvalue weighted by atomic mass is 27.0. The average molecular weight is 383 g/mol. The average Bonchev–Trinajstić information content (AvgIpc) is 2.66. The van der Waals surface area contributed by atoms with Crippen molar-refractivity contribution in [1.29, 1.82) is 0 Å². The van der Waals surface area contributed by atoms with Gasteiger partial charge in [0.25, 0.3) is 0 Å². The molecular formula is C22H28AlO4. The first-order valence-electron chi connectivity index (χ1n) is 9.12. The molecule has 5 heteroatoms. The van der Waals surface area contributed by atoms with Gasteiger partial charge in [-0.2, -0.15) is 0 Å². The minimum absolute atomic E-state index is 0. The predicted octanol–water partition coefficient (Wildman–Crippen LogP) is 5.07. The molecule has 2 N–H and O–H groups in total. The van der Waals surface area contributed by atoms with Crippen LogP contribution in [-0.2, 0) is 12.8 Å². The smallest absolute Gasteiger partial charge is 0.335 e. The summed E-state index contributed by atoms with van der Waals surface area (Å²) < 4.78 is 0. The molecule has 0 bridgehead atoms. The van der Waals surface area contributed by atoms with Gasteiger partial charge in [0.1, 0.15) is 0 Å². The molecule has 0 saturated heterocycles. The Hall–Kier alpha value is -2.09. The van der Waals surface area contributed by atoms with E-state index in [1.54, 1.807) is 24.3 Å². The minimum atomic E-state index is -0.859. The van der Waals surface area contributed by atoms with E-state index in [9.17, 15) is 9.59 Å². The van der Waals surface area contributed by atoms with Crippen molar-refractivity contribution in [2.75, 3.05) is 0 Å². The highest BCUT2D eigenvalue weighted by molar-refractivity contribution is 5.87. The first-order chi connectivity index (χ1) is 12.5. The van der Waals surface area contributed by atoms with Gasteiger partial charge in [-0.3, -0.25) is 0 Å². The quantitative estimate of drug-likeness (QED) is 0.624. The van der Waals surface area contributed by atoms with Crippen molar-refractivity contribution < 1.29 is 19.8 Å². The zero-order valence-electron chi connectivity index (χ0n) is 16.1. The predicted molar refractivity (Wildman–Crippen MR) is 110 cm³/mol. The minimum Gasteiger partial charge on any atom is -0.478 e. The van der Waals surface area contributed by atoms with Crippen molar-refractivity contribution in [1.82, 2.24) is 0 Å². The Kier molecular flexibility index (Phi) is 12.9. The Balaban J connectivity index is 0.000000483. The molecule has 0 heterocycles. The second kappa shape index (κ2) is 14.0. The van der Waals surface area contributed by atoms with Gasteiger partial charge < -0.3 is 10.2 Å². The second-order valence-corrected chi connectivity index (χ2v) is 6.21. The fourth-order valence-corrected chi connectivity index (χ4v) is 2.39. The van der Waals surface area contributed by atoms with Crippen molar-refractivity contribution >= 4 is 29.3 Å². The summed E-state index contributed by atoms with van der Waals surface area (Å²) in [6, 6.07) is 14.2. The largest absolute Gasteiger partial charge is 0.478 e. The van der Waals surface area contributed by atoms with Gasteiger partial charge >= 0.3 is 11.9 Å². The number of benzene rings is 2. The van der Waals surface area contributed by atoms with E-state index in [2.05, 4.69) is 13.8 Å². The number of hydrogen-bond donors (Lipinski definition) is 2. The van der Waals surface area contributed by atoms with E-state index in [0.29, 0.717) is 11.1 Å².